The molecule has 1 aromatic heterocycles. The van der Waals surface area contributed by atoms with E-state index in [4.69, 9.17) is 4.74 Å². The van der Waals surface area contributed by atoms with Gasteiger partial charge in [-0.1, -0.05) is 30.0 Å². The van der Waals surface area contributed by atoms with Crippen molar-refractivity contribution in [3.8, 4) is 5.75 Å². The summed E-state index contributed by atoms with van der Waals surface area (Å²) < 4.78 is 5.26. The highest BCUT2D eigenvalue weighted by Gasteiger charge is 2.29. The number of carbonyl (C=O) groups excluding carboxylic acids is 2. The average molecular weight is 372 g/mol. The summed E-state index contributed by atoms with van der Waals surface area (Å²) in [5.41, 5.74) is 0.920. The molecular formula is C18H20N4O3S. The van der Waals surface area contributed by atoms with Gasteiger partial charge in [-0.2, -0.15) is 0 Å². The van der Waals surface area contributed by atoms with Crippen molar-refractivity contribution in [2.45, 2.75) is 24.4 Å². The van der Waals surface area contributed by atoms with Crippen molar-refractivity contribution in [1.29, 1.82) is 0 Å². The Morgan fingerprint density at radius 1 is 1.19 bits per heavy atom. The van der Waals surface area contributed by atoms with Gasteiger partial charge < -0.3 is 15.4 Å². The van der Waals surface area contributed by atoms with Crippen LogP contribution in [0.15, 0.2) is 41.4 Å². The minimum atomic E-state index is -0.103. The fourth-order valence-corrected chi connectivity index (χ4v) is 2.91. The van der Waals surface area contributed by atoms with E-state index in [-0.39, 0.29) is 23.5 Å². The van der Waals surface area contributed by atoms with Gasteiger partial charge in [0, 0.05) is 18.0 Å². The number of carbonyl (C=O) groups is 2. The number of hydrogen-bond donors (Lipinski definition) is 2. The van der Waals surface area contributed by atoms with Crippen molar-refractivity contribution in [2.24, 2.45) is 5.92 Å². The SMILES string of the molecule is COc1ccccc1CNC(=O)CSc1ccc(NC(=O)C2CC2)nn1. The molecule has 0 unspecified atom stereocenters. The summed E-state index contributed by atoms with van der Waals surface area (Å²) in [7, 11) is 1.60. The number of anilines is 1. The van der Waals surface area contributed by atoms with E-state index in [0.29, 0.717) is 17.4 Å². The zero-order chi connectivity index (χ0) is 18.4. The lowest BCUT2D eigenvalue weighted by Gasteiger charge is -2.09. The quantitative estimate of drug-likeness (QED) is 0.691. The van der Waals surface area contributed by atoms with Crippen LogP contribution in [-0.4, -0.2) is 34.9 Å². The number of benzene rings is 1. The Balaban J connectivity index is 1.43. The number of ether oxygens (including phenoxy) is 1. The minimum absolute atomic E-state index is 0.00424. The molecule has 7 nitrogen and oxygen atoms in total. The zero-order valence-electron chi connectivity index (χ0n) is 14.4. The standard InChI is InChI=1S/C18H20N4O3S/c1-25-14-5-3-2-4-13(14)10-19-16(23)11-26-17-9-8-15(21-22-17)20-18(24)12-6-7-12/h2-5,8-9,12H,6-7,10-11H2,1H3,(H,19,23)(H,20,21,24). The molecule has 136 valence electrons. The number of nitrogens with zero attached hydrogens (tertiary/aromatic N) is 2. The predicted octanol–water partition coefficient (Wildman–Crippen LogP) is 2.24. The summed E-state index contributed by atoms with van der Waals surface area (Å²) in [4.78, 5) is 23.7. The third kappa shape index (κ3) is 5.19. The van der Waals surface area contributed by atoms with Crippen molar-refractivity contribution < 1.29 is 14.3 Å². The lowest BCUT2D eigenvalue weighted by Crippen LogP contribution is -2.24. The lowest BCUT2D eigenvalue weighted by molar-refractivity contribution is -0.119. The molecule has 1 heterocycles. The number of para-hydroxylation sites is 1. The monoisotopic (exact) mass is 372 g/mol. The Labute approximate surface area is 155 Å². The highest BCUT2D eigenvalue weighted by Crippen LogP contribution is 2.30. The maximum absolute atomic E-state index is 12.0. The number of nitrogens with one attached hydrogen (secondary N) is 2. The van der Waals surface area contributed by atoms with Gasteiger partial charge in [-0.25, -0.2) is 0 Å². The van der Waals surface area contributed by atoms with Gasteiger partial charge in [0.1, 0.15) is 10.8 Å². The molecule has 0 radical (unpaired) electrons. The first-order valence-electron chi connectivity index (χ1n) is 8.31. The van der Waals surface area contributed by atoms with Crippen LogP contribution >= 0.6 is 11.8 Å². The fourth-order valence-electron chi connectivity index (χ4n) is 2.27. The predicted molar refractivity (Wildman–Crippen MR) is 99.0 cm³/mol. The molecule has 0 spiro atoms. The largest absolute Gasteiger partial charge is 0.496 e. The summed E-state index contributed by atoms with van der Waals surface area (Å²) >= 11 is 1.29. The van der Waals surface area contributed by atoms with Crippen LogP contribution in [0.1, 0.15) is 18.4 Å². The molecule has 1 saturated carbocycles. The van der Waals surface area contributed by atoms with Crippen LogP contribution in [0, 0.1) is 5.92 Å². The lowest BCUT2D eigenvalue weighted by atomic mass is 10.2. The Bertz CT molecular complexity index is 778. The van der Waals surface area contributed by atoms with Gasteiger partial charge in [-0.3, -0.25) is 9.59 Å². The van der Waals surface area contributed by atoms with E-state index in [1.54, 1.807) is 19.2 Å². The summed E-state index contributed by atoms with van der Waals surface area (Å²) in [5.74, 6) is 1.43. The molecule has 0 bridgehead atoms. The fraction of sp³-hybridized carbons (Fsp3) is 0.333. The van der Waals surface area contributed by atoms with Gasteiger partial charge in [0.05, 0.1) is 12.9 Å². The Morgan fingerprint density at radius 2 is 2.00 bits per heavy atom. The number of aromatic nitrogens is 2. The third-order valence-corrected chi connectivity index (χ3v) is 4.78. The maximum Gasteiger partial charge on any atom is 0.230 e. The number of hydrogen-bond acceptors (Lipinski definition) is 6. The normalized spacial score (nSPS) is 13.1. The average Bonchev–Trinajstić information content (AvgIpc) is 3.51. The van der Waals surface area contributed by atoms with E-state index in [0.717, 1.165) is 24.2 Å². The van der Waals surface area contributed by atoms with Crippen molar-refractivity contribution in [3.63, 3.8) is 0 Å². The highest BCUT2D eigenvalue weighted by molar-refractivity contribution is 7.99. The van der Waals surface area contributed by atoms with Crippen LogP contribution in [0.5, 0.6) is 5.75 Å². The third-order valence-electron chi connectivity index (χ3n) is 3.86. The first-order chi connectivity index (χ1) is 12.7. The molecule has 0 atom stereocenters. The van der Waals surface area contributed by atoms with E-state index in [1.807, 2.05) is 24.3 Å². The van der Waals surface area contributed by atoms with Crippen LogP contribution in [0.3, 0.4) is 0 Å². The molecular weight excluding hydrogens is 352 g/mol. The van der Waals surface area contributed by atoms with Crippen molar-refractivity contribution in [1.82, 2.24) is 15.5 Å². The minimum Gasteiger partial charge on any atom is -0.496 e. The molecule has 2 amide bonds. The molecule has 2 N–H and O–H groups in total. The van der Waals surface area contributed by atoms with Crippen molar-refractivity contribution >= 4 is 29.4 Å². The molecule has 2 aromatic rings. The summed E-state index contributed by atoms with van der Waals surface area (Å²) in [6.45, 7) is 0.404. The highest BCUT2D eigenvalue weighted by atomic mass is 32.2. The molecule has 0 aliphatic heterocycles. The first-order valence-corrected chi connectivity index (χ1v) is 9.30. The van der Waals surface area contributed by atoms with Gasteiger partial charge in [0.15, 0.2) is 5.82 Å². The molecule has 1 aliphatic carbocycles. The van der Waals surface area contributed by atoms with Gasteiger partial charge in [0.25, 0.3) is 0 Å². The van der Waals surface area contributed by atoms with E-state index in [1.165, 1.54) is 11.8 Å². The molecule has 1 aromatic carbocycles. The number of amides is 2. The first kappa shape index (κ1) is 18.2. The van der Waals surface area contributed by atoms with E-state index in [2.05, 4.69) is 20.8 Å². The number of rotatable bonds is 8. The Morgan fingerprint density at radius 3 is 2.69 bits per heavy atom. The second kappa shape index (κ2) is 8.66. The number of methoxy groups -OCH3 is 1. The van der Waals surface area contributed by atoms with Crippen LogP contribution < -0.4 is 15.4 Å². The second-order valence-electron chi connectivity index (χ2n) is 5.90. The zero-order valence-corrected chi connectivity index (χ0v) is 15.2. The smallest absolute Gasteiger partial charge is 0.230 e. The van der Waals surface area contributed by atoms with Gasteiger partial charge >= 0.3 is 0 Å². The van der Waals surface area contributed by atoms with Crippen molar-refractivity contribution in [3.05, 3.63) is 42.0 Å². The summed E-state index contributed by atoms with van der Waals surface area (Å²) in [5, 5.41) is 14.2. The van der Waals surface area contributed by atoms with Crippen LogP contribution in [0.25, 0.3) is 0 Å². The van der Waals surface area contributed by atoms with E-state index < -0.39 is 0 Å². The van der Waals surface area contributed by atoms with E-state index in [9.17, 15) is 9.59 Å². The Hall–Kier alpha value is -2.61. The van der Waals surface area contributed by atoms with Crippen LogP contribution in [0.4, 0.5) is 5.82 Å². The van der Waals surface area contributed by atoms with E-state index >= 15 is 0 Å². The second-order valence-corrected chi connectivity index (χ2v) is 6.89. The molecule has 26 heavy (non-hydrogen) atoms. The van der Waals surface area contributed by atoms with Gasteiger partial charge in [-0.05, 0) is 31.0 Å². The van der Waals surface area contributed by atoms with Gasteiger partial charge in [-0.15, -0.1) is 10.2 Å². The topological polar surface area (TPSA) is 93.2 Å². The Kier molecular flexibility index (Phi) is 6.06. The van der Waals surface area contributed by atoms with Crippen molar-refractivity contribution in [2.75, 3.05) is 18.2 Å². The molecule has 1 aliphatic rings. The molecule has 8 heteroatoms. The van der Waals surface area contributed by atoms with Crippen LogP contribution in [0.2, 0.25) is 0 Å². The molecule has 3 rings (SSSR count). The van der Waals surface area contributed by atoms with Crippen LogP contribution in [-0.2, 0) is 16.1 Å². The number of thioether (sulfide) groups is 1. The summed E-state index contributed by atoms with van der Waals surface area (Å²) in [6, 6.07) is 11.0. The van der Waals surface area contributed by atoms with Gasteiger partial charge in [0.2, 0.25) is 11.8 Å². The molecule has 1 fully saturated rings. The maximum atomic E-state index is 12.0. The summed E-state index contributed by atoms with van der Waals surface area (Å²) in [6.07, 6.45) is 1.88. The molecule has 0 saturated heterocycles.